The van der Waals surface area contributed by atoms with E-state index in [4.69, 9.17) is 10.1 Å². The quantitative estimate of drug-likeness (QED) is 0.315. The molecule has 9 nitrogen and oxygen atoms in total. The molecule has 0 aliphatic carbocycles. The molecule has 7 rings (SSSR count). The van der Waals surface area contributed by atoms with Gasteiger partial charge in [-0.05, 0) is 42.8 Å². The molecule has 1 saturated heterocycles. The summed E-state index contributed by atoms with van der Waals surface area (Å²) in [5.74, 6) is 1.92. The summed E-state index contributed by atoms with van der Waals surface area (Å²) in [4.78, 5) is 21.9. The van der Waals surface area contributed by atoms with Crippen LogP contribution in [0.1, 0.15) is 18.7 Å². The van der Waals surface area contributed by atoms with Crippen LogP contribution in [0.2, 0.25) is 0 Å². The minimum absolute atomic E-state index is 0.142. The van der Waals surface area contributed by atoms with Crippen LogP contribution in [-0.4, -0.2) is 66.2 Å². The monoisotopic (exact) mass is 534 g/mol. The maximum atomic E-state index is 13.3. The smallest absolute Gasteiger partial charge is 0.258 e. The Morgan fingerprint density at radius 1 is 0.850 bits per heavy atom. The third-order valence-corrected chi connectivity index (χ3v) is 7.54. The molecule has 0 N–H and O–H groups in total. The summed E-state index contributed by atoms with van der Waals surface area (Å²) in [6.07, 6.45) is 1.71. The van der Waals surface area contributed by atoms with Crippen molar-refractivity contribution in [1.29, 1.82) is 0 Å². The zero-order valence-electron chi connectivity index (χ0n) is 21.8. The van der Waals surface area contributed by atoms with Crippen molar-refractivity contribution in [3.8, 4) is 11.4 Å². The van der Waals surface area contributed by atoms with E-state index in [0.29, 0.717) is 44.0 Å². The van der Waals surface area contributed by atoms with Crippen molar-refractivity contribution in [1.82, 2.24) is 34.1 Å². The molecule has 6 aromatic rings. The summed E-state index contributed by atoms with van der Waals surface area (Å²) in [5, 5.41) is 14.7. The van der Waals surface area contributed by atoms with Crippen LogP contribution >= 0.6 is 0 Å². The number of piperazine rings is 1. The molecule has 0 bridgehead atoms. The maximum Gasteiger partial charge on any atom is 0.258 e. The molecular formula is C30H27FN8O. The predicted octanol–water partition coefficient (Wildman–Crippen LogP) is 4.40. The van der Waals surface area contributed by atoms with E-state index in [1.807, 2.05) is 63.9 Å². The average molecular weight is 535 g/mol. The fourth-order valence-corrected chi connectivity index (χ4v) is 5.47. The first kappa shape index (κ1) is 24.2. The second-order valence-corrected chi connectivity index (χ2v) is 10.0. The number of para-hydroxylation sites is 1. The van der Waals surface area contributed by atoms with Gasteiger partial charge in [0.1, 0.15) is 11.6 Å². The van der Waals surface area contributed by atoms with Crippen LogP contribution in [0.25, 0.3) is 33.7 Å². The van der Waals surface area contributed by atoms with E-state index < -0.39 is 0 Å². The van der Waals surface area contributed by atoms with Gasteiger partial charge >= 0.3 is 0 Å². The van der Waals surface area contributed by atoms with E-state index in [1.165, 1.54) is 12.1 Å². The molecule has 0 atom stereocenters. The molecule has 3 aromatic carbocycles. The minimum atomic E-state index is -0.242. The first-order valence-electron chi connectivity index (χ1n) is 13.5. The highest BCUT2D eigenvalue weighted by atomic mass is 19.1. The van der Waals surface area contributed by atoms with Gasteiger partial charge in [-0.25, -0.2) is 9.37 Å². The molecule has 4 heterocycles. The topological polar surface area (TPSA) is 83.9 Å². The van der Waals surface area contributed by atoms with Gasteiger partial charge in [-0.2, -0.15) is 4.52 Å². The first-order chi connectivity index (χ1) is 19.7. The zero-order valence-corrected chi connectivity index (χ0v) is 21.8. The van der Waals surface area contributed by atoms with Gasteiger partial charge in [0.05, 0.1) is 5.52 Å². The van der Waals surface area contributed by atoms with Crippen molar-refractivity contribution >= 4 is 33.9 Å². The predicted molar refractivity (Wildman–Crippen MR) is 151 cm³/mol. The van der Waals surface area contributed by atoms with E-state index in [0.717, 1.165) is 46.7 Å². The van der Waals surface area contributed by atoms with Gasteiger partial charge in [-0.15, -0.1) is 15.3 Å². The summed E-state index contributed by atoms with van der Waals surface area (Å²) < 4.78 is 17.0. The third kappa shape index (κ3) is 4.31. The second kappa shape index (κ2) is 10.0. The number of carbonyl (C=O) groups excluding carboxylic acids is 1. The Balaban J connectivity index is 1.08. The van der Waals surface area contributed by atoms with Crippen LogP contribution in [0.15, 0.2) is 78.9 Å². The van der Waals surface area contributed by atoms with Gasteiger partial charge < -0.3 is 9.80 Å². The Morgan fingerprint density at radius 3 is 2.40 bits per heavy atom. The fourth-order valence-electron chi connectivity index (χ4n) is 5.47. The summed E-state index contributed by atoms with van der Waals surface area (Å²) in [5.41, 5.74) is 3.61. The van der Waals surface area contributed by atoms with Gasteiger partial charge in [-0.1, -0.05) is 42.5 Å². The molecule has 1 aliphatic rings. The Bertz CT molecular complexity index is 1820. The summed E-state index contributed by atoms with van der Waals surface area (Å²) in [6.45, 7) is 2.78. The summed E-state index contributed by atoms with van der Waals surface area (Å²) in [7, 11) is 0. The zero-order chi connectivity index (χ0) is 27.1. The van der Waals surface area contributed by atoms with Gasteiger partial charge in [-0.3, -0.25) is 9.20 Å². The molecule has 1 fully saturated rings. The van der Waals surface area contributed by atoms with Crippen LogP contribution in [0.3, 0.4) is 0 Å². The van der Waals surface area contributed by atoms with Crippen LogP contribution in [0.5, 0.6) is 0 Å². The van der Waals surface area contributed by atoms with Crippen LogP contribution in [0.4, 0.5) is 10.1 Å². The highest BCUT2D eigenvalue weighted by Gasteiger charge is 2.22. The number of aryl methyl sites for hydroxylation is 1. The van der Waals surface area contributed by atoms with E-state index in [2.05, 4.69) is 15.1 Å². The number of rotatable bonds is 6. The third-order valence-electron chi connectivity index (χ3n) is 7.54. The van der Waals surface area contributed by atoms with Gasteiger partial charge in [0.2, 0.25) is 5.91 Å². The van der Waals surface area contributed by atoms with E-state index >= 15 is 0 Å². The molecular weight excluding hydrogens is 507 g/mol. The molecule has 0 spiro atoms. The number of carbonyl (C=O) groups is 1. The molecule has 1 amide bonds. The van der Waals surface area contributed by atoms with Gasteiger partial charge in [0.25, 0.3) is 5.78 Å². The van der Waals surface area contributed by atoms with E-state index in [1.54, 1.807) is 16.6 Å². The standard InChI is InChI=1S/C30H27FN8O/c31-22-13-15-23(16-14-22)36-17-19-37(20-18-36)27(40)12-6-11-26-33-34-30-38(26)25-10-5-4-9-24(25)29-32-28(35-39(29)30)21-7-2-1-3-8-21/h1-5,7-10,13-16H,6,11-12,17-20H2. The van der Waals surface area contributed by atoms with E-state index in [9.17, 15) is 9.18 Å². The van der Waals surface area contributed by atoms with Crippen molar-refractivity contribution in [2.24, 2.45) is 0 Å². The number of benzene rings is 3. The lowest BCUT2D eigenvalue weighted by Gasteiger charge is -2.36. The molecule has 0 radical (unpaired) electrons. The first-order valence-corrected chi connectivity index (χ1v) is 13.5. The highest BCUT2D eigenvalue weighted by Crippen LogP contribution is 2.25. The number of hydrogen-bond donors (Lipinski definition) is 0. The molecule has 200 valence electrons. The second-order valence-electron chi connectivity index (χ2n) is 10.0. The largest absolute Gasteiger partial charge is 0.368 e. The Kier molecular flexibility index (Phi) is 6.07. The SMILES string of the molecule is O=C(CCCc1nnc2n3nc(-c4ccccc4)nc3c3ccccc3n12)N1CCN(c2ccc(F)cc2)CC1. The van der Waals surface area contributed by atoms with Crippen molar-refractivity contribution in [2.45, 2.75) is 19.3 Å². The number of amides is 1. The lowest BCUT2D eigenvalue weighted by Crippen LogP contribution is -2.48. The lowest BCUT2D eigenvalue weighted by atomic mass is 10.2. The number of halogens is 1. The maximum absolute atomic E-state index is 13.3. The molecule has 3 aromatic heterocycles. The Hall–Kier alpha value is -4.86. The van der Waals surface area contributed by atoms with Crippen LogP contribution in [-0.2, 0) is 11.2 Å². The van der Waals surface area contributed by atoms with Crippen molar-refractivity contribution in [3.05, 3.63) is 90.5 Å². The average Bonchev–Trinajstić information content (AvgIpc) is 3.64. The van der Waals surface area contributed by atoms with Crippen molar-refractivity contribution in [2.75, 3.05) is 31.1 Å². The van der Waals surface area contributed by atoms with Crippen molar-refractivity contribution in [3.63, 3.8) is 0 Å². The minimum Gasteiger partial charge on any atom is -0.368 e. The molecule has 40 heavy (non-hydrogen) atoms. The fraction of sp³-hybridized carbons (Fsp3) is 0.233. The number of fused-ring (bicyclic) bond motifs is 6. The molecule has 10 heteroatoms. The summed E-state index contributed by atoms with van der Waals surface area (Å²) in [6, 6.07) is 24.5. The lowest BCUT2D eigenvalue weighted by molar-refractivity contribution is -0.131. The normalized spacial score (nSPS) is 14.0. The van der Waals surface area contributed by atoms with Crippen LogP contribution in [0, 0.1) is 5.82 Å². The number of anilines is 1. The molecule has 0 unspecified atom stereocenters. The van der Waals surface area contributed by atoms with E-state index in [-0.39, 0.29) is 11.7 Å². The van der Waals surface area contributed by atoms with Crippen LogP contribution < -0.4 is 4.90 Å². The summed E-state index contributed by atoms with van der Waals surface area (Å²) >= 11 is 0. The van der Waals surface area contributed by atoms with Crippen molar-refractivity contribution < 1.29 is 9.18 Å². The Labute approximate surface area is 229 Å². The number of nitrogens with zero attached hydrogens (tertiary/aromatic N) is 8. The van der Waals surface area contributed by atoms with Gasteiger partial charge in [0.15, 0.2) is 11.5 Å². The number of hydrogen-bond acceptors (Lipinski definition) is 6. The molecule has 1 aliphatic heterocycles. The molecule has 0 saturated carbocycles. The van der Waals surface area contributed by atoms with Gasteiger partial charge in [0, 0.05) is 55.7 Å². The highest BCUT2D eigenvalue weighted by molar-refractivity contribution is 5.94. The number of aromatic nitrogens is 6. The Morgan fingerprint density at radius 2 is 1.60 bits per heavy atom.